The Bertz CT molecular complexity index is 490. The minimum Gasteiger partial charge on any atom is -0.484 e. The SMILES string of the molecule is CCOC(=O)CCC(=O)COc1ccccc1C#N. The van der Waals surface area contributed by atoms with E-state index in [1.54, 1.807) is 31.2 Å². The van der Waals surface area contributed by atoms with Crippen molar-refractivity contribution in [3.8, 4) is 11.8 Å². The molecule has 0 bridgehead atoms. The van der Waals surface area contributed by atoms with Crippen molar-refractivity contribution in [2.75, 3.05) is 13.2 Å². The number of ether oxygens (including phenoxy) is 2. The van der Waals surface area contributed by atoms with Crippen molar-refractivity contribution >= 4 is 11.8 Å². The van der Waals surface area contributed by atoms with E-state index in [1.807, 2.05) is 6.07 Å². The Morgan fingerprint density at radius 2 is 2.00 bits per heavy atom. The first-order valence-electron chi connectivity index (χ1n) is 5.96. The molecule has 0 atom stereocenters. The van der Waals surface area contributed by atoms with Gasteiger partial charge in [-0.05, 0) is 19.1 Å². The van der Waals surface area contributed by atoms with Gasteiger partial charge in [0.15, 0.2) is 5.78 Å². The Balaban J connectivity index is 2.38. The highest BCUT2D eigenvalue weighted by Crippen LogP contribution is 2.16. The Kier molecular flexibility index (Phi) is 6.10. The predicted octanol–water partition coefficient (Wildman–Crippen LogP) is 1.85. The smallest absolute Gasteiger partial charge is 0.306 e. The van der Waals surface area contributed by atoms with E-state index in [2.05, 4.69) is 0 Å². The lowest BCUT2D eigenvalue weighted by molar-refractivity contribution is -0.144. The monoisotopic (exact) mass is 261 g/mol. The lowest BCUT2D eigenvalue weighted by atomic mass is 10.2. The Morgan fingerprint density at radius 3 is 2.68 bits per heavy atom. The fraction of sp³-hybridized carbons (Fsp3) is 0.357. The quantitative estimate of drug-likeness (QED) is 0.700. The third-order valence-electron chi connectivity index (χ3n) is 2.31. The van der Waals surface area contributed by atoms with Crippen LogP contribution in [0.2, 0.25) is 0 Å². The van der Waals surface area contributed by atoms with Gasteiger partial charge in [0.1, 0.15) is 18.4 Å². The van der Waals surface area contributed by atoms with Crippen LogP contribution in [0, 0.1) is 11.3 Å². The lowest BCUT2D eigenvalue weighted by Crippen LogP contribution is -2.14. The van der Waals surface area contributed by atoms with Crippen LogP contribution in [0.3, 0.4) is 0 Å². The van der Waals surface area contributed by atoms with Gasteiger partial charge in [0.25, 0.3) is 0 Å². The van der Waals surface area contributed by atoms with Gasteiger partial charge < -0.3 is 9.47 Å². The summed E-state index contributed by atoms with van der Waals surface area (Å²) in [6.07, 6.45) is 0.128. The van der Waals surface area contributed by atoms with Crippen LogP contribution in [0.5, 0.6) is 5.75 Å². The molecule has 5 heteroatoms. The maximum Gasteiger partial charge on any atom is 0.306 e. The molecule has 0 aliphatic rings. The number of hydrogen-bond acceptors (Lipinski definition) is 5. The van der Waals surface area contributed by atoms with Crippen molar-refractivity contribution < 1.29 is 19.1 Å². The Hall–Kier alpha value is -2.35. The highest BCUT2D eigenvalue weighted by molar-refractivity contribution is 5.84. The summed E-state index contributed by atoms with van der Waals surface area (Å²) >= 11 is 0. The number of carbonyl (C=O) groups excluding carboxylic acids is 2. The zero-order chi connectivity index (χ0) is 14.1. The normalized spacial score (nSPS) is 9.47. The summed E-state index contributed by atoms with van der Waals surface area (Å²) in [4.78, 5) is 22.6. The third-order valence-corrected chi connectivity index (χ3v) is 2.31. The highest BCUT2D eigenvalue weighted by atomic mass is 16.5. The second-order valence-corrected chi connectivity index (χ2v) is 3.74. The van der Waals surface area contributed by atoms with Crippen LogP contribution in [0.1, 0.15) is 25.3 Å². The van der Waals surface area contributed by atoms with Crippen LogP contribution in [0.25, 0.3) is 0 Å². The summed E-state index contributed by atoms with van der Waals surface area (Å²) in [5, 5.41) is 8.84. The molecule has 0 N–H and O–H groups in total. The molecule has 0 aliphatic carbocycles. The van der Waals surface area contributed by atoms with Crippen LogP contribution in [-0.4, -0.2) is 25.0 Å². The van der Waals surface area contributed by atoms with E-state index in [-0.39, 0.29) is 25.2 Å². The fourth-order valence-electron chi connectivity index (χ4n) is 1.39. The molecule has 100 valence electrons. The molecule has 0 radical (unpaired) electrons. The van der Waals surface area contributed by atoms with E-state index in [0.717, 1.165) is 0 Å². The number of benzene rings is 1. The molecule has 1 aromatic rings. The van der Waals surface area contributed by atoms with Gasteiger partial charge in [0.2, 0.25) is 0 Å². The van der Waals surface area contributed by atoms with Gasteiger partial charge in [-0.25, -0.2) is 0 Å². The molecule has 0 fully saturated rings. The van der Waals surface area contributed by atoms with Gasteiger partial charge in [-0.15, -0.1) is 0 Å². The van der Waals surface area contributed by atoms with E-state index in [9.17, 15) is 9.59 Å². The molecule has 5 nitrogen and oxygen atoms in total. The van der Waals surface area contributed by atoms with Crippen LogP contribution >= 0.6 is 0 Å². The van der Waals surface area contributed by atoms with Gasteiger partial charge in [-0.2, -0.15) is 5.26 Å². The standard InChI is InChI=1S/C14H15NO4/c1-2-18-14(17)8-7-12(16)10-19-13-6-4-3-5-11(13)9-15/h3-6H,2,7-8,10H2,1H3. The van der Waals surface area contributed by atoms with E-state index < -0.39 is 5.97 Å². The zero-order valence-electron chi connectivity index (χ0n) is 10.7. The van der Waals surface area contributed by atoms with Crippen molar-refractivity contribution in [1.82, 2.24) is 0 Å². The molecule has 1 rings (SSSR count). The fourth-order valence-corrected chi connectivity index (χ4v) is 1.39. The molecular formula is C14H15NO4. The number of para-hydroxylation sites is 1. The topological polar surface area (TPSA) is 76.4 Å². The van der Waals surface area contributed by atoms with Crippen molar-refractivity contribution in [1.29, 1.82) is 5.26 Å². The summed E-state index contributed by atoms with van der Waals surface area (Å²) in [5.41, 5.74) is 0.376. The van der Waals surface area contributed by atoms with Crippen LogP contribution in [0.15, 0.2) is 24.3 Å². The second-order valence-electron chi connectivity index (χ2n) is 3.74. The largest absolute Gasteiger partial charge is 0.484 e. The van der Waals surface area contributed by atoms with Crippen molar-refractivity contribution in [2.45, 2.75) is 19.8 Å². The average Bonchev–Trinajstić information content (AvgIpc) is 2.43. The molecule has 0 spiro atoms. The maximum atomic E-state index is 11.5. The van der Waals surface area contributed by atoms with E-state index in [4.69, 9.17) is 14.7 Å². The van der Waals surface area contributed by atoms with Gasteiger partial charge in [0, 0.05) is 6.42 Å². The molecular weight excluding hydrogens is 246 g/mol. The van der Waals surface area contributed by atoms with E-state index >= 15 is 0 Å². The highest BCUT2D eigenvalue weighted by Gasteiger charge is 2.09. The molecule has 1 aromatic carbocycles. The van der Waals surface area contributed by atoms with Gasteiger partial charge in [0.05, 0.1) is 18.6 Å². The summed E-state index contributed by atoms with van der Waals surface area (Å²) in [6.45, 7) is 1.86. The summed E-state index contributed by atoms with van der Waals surface area (Å²) in [5.74, 6) is -0.233. The van der Waals surface area contributed by atoms with Gasteiger partial charge >= 0.3 is 5.97 Å². The minimum absolute atomic E-state index is 0.0515. The molecule has 0 unspecified atom stereocenters. The second kappa shape index (κ2) is 7.88. The number of ketones is 1. The molecule has 0 amide bonds. The summed E-state index contributed by atoms with van der Waals surface area (Å²) in [6, 6.07) is 8.65. The van der Waals surface area contributed by atoms with Crippen molar-refractivity contribution in [2.24, 2.45) is 0 Å². The van der Waals surface area contributed by atoms with E-state index in [0.29, 0.717) is 17.9 Å². The number of nitriles is 1. The molecule has 0 heterocycles. The molecule has 0 saturated carbocycles. The average molecular weight is 261 g/mol. The number of esters is 1. The number of carbonyl (C=O) groups is 2. The van der Waals surface area contributed by atoms with Crippen molar-refractivity contribution in [3.63, 3.8) is 0 Å². The first-order valence-corrected chi connectivity index (χ1v) is 5.96. The lowest BCUT2D eigenvalue weighted by Gasteiger charge is -2.06. The van der Waals surface area contributed by atoms with Crippen LogP contribution in [-0.2, 0) is 14.3 Å². The first-order chi connectivity index (χ1) is 9.17. The third kappa shape index (κ3) is 5.21. The predicted molar refractivity (Wildman–Crippen MR) is 67.5 cm³/mol. The van der Waals surface area contributed by atoms with Gasteiger partial charge in [-0.3, -0.25) is 9.59 Å². The summed E-state index contributed by atoms with van der Waals surface area (Å²) < 4.78 is 9.97. The summed E-state index contributed by atoms with van der Waals surface area (Å²) in [7, 11) is 0. The number of nitrogens with zero attached hydrogens (tertiary/aromatic N) is 1. The molecule has 0 aliphatic heterocycles. The number of hydrogen-bond donors (Lipinski definition) is 0. The number of rotatable bonds is 7. The van der Waals surface area contributed by atoms with Crippen LogP contribution in [0.4, 0.5) is 0 Å². The first kappa shape index (κ1) is 14.7. The van der Waals surface area contributed by atoms with Crippen LogP contribution < -0.4 is 4.74 Å². The minimum atomic E-state index is -0.395. The zero-order valence-corrected chi connectivity index (χ0v) is 10.7. The molecule has 0 saturated heterocycles. The van der Waals surface area contributed by atoms with Gasteiger partial charge in [-0.1, -0.05) is 12.1 Å². The molecule has 0 aromatic heterocycles. The maximum absolute atomic E-state index is 11.5. The number of Topliss-reactive ketones (excluding diaryl/α,β-unsaturated/α-hetero) is 1. The van der Waals surface area contributed by atoms with Crippen molar-refractivity contribution in [3.05, 3.63) is 29.8 Å². The molecule has 19 heavy (non-hydrogen) atoms. The Morgan fingerprint density at radius 1 is 1.26 bits per heavy atom. The van der Waals surface area contributed by atoms with E-state index in [1.165, 1.54) is 0 Å². The Labute approximate surface area is 111 Å².